The van der Waals surface area contributed by atoms with Crippen LogP contribution >= 0.6 is 0 Å². The van der Waals surface area contributed by atoms with Crippen LogP contribution in [0.4, 0.5) is 11.8 Å². The second-order valence-electron chi connectivity index (χ2n) is 5.68. The molecule has 2 saturated heterocycles. The Balaban J connectivity index is 1.55. The summed E-state index contributed by atoms with van der Waals surface area (Å²) in [6, 6.07) is 2.00. The van der Waals surface area contributed by atoms with Crippen LogP contribution in [0.5, 0.6) is 0 Å². The number of piperazine rings is 1. The lowest BCUT2D eigenvalue weighted by atomic mass is 10.2. The maximum atomic E-state index is 5.61. The van der Waals surface area contributed by atoms with Gasteiger partial charge in [0.25, 0.3) is 0 Å². The Morgan fingerprint density at radius 3 is 2.90 bits per heavy atom. The summed E-state index contributed by atoms with van der Waals surface area (Å²) in [6.07, 6.45) is 4.44. The van der Waals surface area contributed by atoms with E-state index in [1.54, 1.807) is 0 Å². The molecular weight excluding hydrogens is 266 g/mol. The Morgan fingerprint density at radius 1 is 1.33 bits per heavy atom. The molecule has 116 valence electrons. The normalized spacial score (nSPS) is 23.5. The van der Waals surface area contributed by atoms with E-state index in [9.17, 15) is 0 Å². The van der Waals surface area contributed by atoms with Gasteiger partial charge in [0.05, 0.1) is 6.10 Å². The topological polar surface area (TPSA) is 53.5 Å². The van der Waals surface area contributed by atoms with Gasteiger partial charge in [-0.05, 0) is 25.5 Å². The molecule has 0 spiro atoms. The van der Waals surface area contributed by atoms with Crippen LogP contribution in [0, 0.1) is 0 Å². The molecule has 1 N–H and O–H groups in total. The molecule has 0 amide bonds. The van der Waals surface area contributed by atoms with E-state index in [1.165, 1.54) is 0 Å². The maximum Gasteiger partial charge on any atom is 0.224 e. The minimum Gasteiger partial charge on any atom is -0.376 e. The highest BCUT2D eigenvalue weighted by atomic mass is 16.5. The summed E-state index contributed by atoms with van der Waals surface area (Å²) in [5, 5.41) is 3.30. The van der Waals surface area contributed by atoms with Gasteiger partial charge in [0.15, 0.2) is 0 Å². The van der Waals surface area contributed by atoms with E-state index in [0.29, 0.717) is 12.1 Å². The zero-order valence-electron chi connectivity index (χ0n) is 12.8. The summed E-state index contributed by atoms with van der Waals surface area (Å²) in [5.41, 5.74) is 0. The number of likely N-dealkylation sites (N-methyl/N-ethyl adjacent to an activating group) is 1. The van der Waals surface area contributed by atoms with Crippen molar-refractivity contribution in [2.24, 2.45) is 0 Å². The lowest BCUT2D eigenvalue weighted by Gasteiger charge is -2.34. The Kier molecular flexibility index (Phi) is 4.87. The van der Waals surface area contributed by atoms with E-state index in [1.807, 2.05) is 12.3 Å². The smallest absolute Gasteiger partial charge is 0.224 e. The van der Waals surface area contributed by atoms with Gasteiger partial charge in [-0.25, -0.2) is 4.98 Å². The predicted molar refractivity (Wildman–Crippen MR) is 83.8 cm³/mol. The summed E-state index contributed by atoms with van der Waals surface area (Å²) in [4.78, 5) is 13.8. The van der Waals surface area contributed by atoms with E-state index in [-0.39, 0.29) is 0 Å². The Hall–Kier alpha value is -1.40. The van der Waals surface area contributed by atoms with Gasteiger partial charge in [0.2, 0.25) is 5.95 Å². The van der Waals surface area contributed by atoms with Crippen molar-refractivity contribution in [3.05, 3.63) is 12.3 Å². The van der Waals surface area contributed by atoms with Gasteiger partial charge in [-0.1, -0.05) is 6.92 Å². The molecule has 0 radical (unpaired) electrons. The molecule has 3 heterocycles. The molecule has 6 nitrogen and oxygen atoms in total. The quantitative estimate of drug-likeness (QED) is 0.880. The molecular formula is C15H25N5O. The number of anilines is 2. The van der Waals surface area contributed by atoms with Crippen molar-refractivity contribution >= 4 is 11.8 Å². The van der Waals surface area contributed by atoms with Crippen LogP contribution in [0.1, 0.15) is 19.8 Å². The molecule has 0 aliphatic carbocycles. The Labute approximate surface area is 126 Å². The predicted octanol–water partition coefficient (Wildman–Crippen LogP) is 1.21. The van der Waals surface area contributed by atoms with Crippen LogP contribution in [0.25, 0.3) is 0 Å². The third-order valence-corrected chi connectivity index (χ3v) is 4.30. The first-order valence-electron chi connectivity index (χ1n) is 8.01. The van der Waals surface area contributed by atoms with E-state index >= 15 is 0 Å². The van der Waals surface area contributed by atoms with E-state index in [4.69, 9.17) is 4.74 Å². The van der Waals surface area contributed by atoms with E-state index < -0.39 is 0 Å². The van der Waals surface area contributed by atoms with E-state index in [2.05, 4.69) is 32.0 Å². The van der Waals surface area contributed by atoms with Crippen molar-refractivity contribution in [2.75, 3.05) is 56.1 Å². The fourth-order valence-corrected chi connectivity index (χ4v) is 2.91. The van der Waals surface area contributed by atoms with Crippen molar-refractivity contribution in [2.45, 2.75) is 25.9 Å². The number of hydrogen-bond acceptors (Lipinski definition) is 6. The number of hydrogen-bond donors (Lipinski definition) is 1. The SMILES string of the molecule is CCN1CCN(c2ccnc(NCC3CCCO3)n2)CC1. The van der Waals surface area contributed by atoms with Crippen molar-refractivity contribution in [3.63, 3.8) is 0 Å². The highest BCUT2D eigenvalue weighted by molar-refractivity contribution is 5.43. The first kappa shape index (κ1) is 14.5. The van der Waals surface area contributed by atoms with Gasteiger partial charge < -0.3 is 19.9 Å². The van der Waals surface area contributed by atoms with Crippen LogP contribution in [0.15, 0.2) is 12.3 Å². The zero-order valence-corrected chi connectivity index (χ0v) is 12.8. The summed E-state index contributed by atoms with van der Waals surface area (Å²) in [6.45, 7) is 9.33. The average molecular weight is 291 g/mol. The maximum absolute atomic E-state index is 5.61. The monoisotopic (exact) mass is 291 g/mol. The molecule has 0 saturated carbocycles. The van der Waals surface area contributed by atoms with Crippen LogP contribution < -0.4 is 10.2 Å². The molecule has 0 bridgehead atoms. The summed E-state index contributed by atoms with van der Waals surface area (Å²) < 4.78 is 5.61. The molecule has 1 atom stereocenters. The number of nitrogens with one attached hydrogen (secondary N) is 1. The summed E-state index contributed by atoms with van der Waals surface area (Å²) in [5.74, 6) is 1.73. The highest BCUT2D eigenvalue weighted by Gasteiger charge is 2.18. The van der Waals surface area contributed by atoms with E-state index in [0.717, 1.165) is 64.5 Å². The second kappa shape index (κ2) is 7.04. The van der Waals surface area contributed by atoms with Crippen molar-refractivity contribution in [1.29, 1.82) is 0 Å². The lowest BCUT2D eigenvalue weighted by molar-refractivity contribution is 0.120. The third-order valence-electron chi connectivity index (χ3n) is 4.30. The summed E-state index contributed by atoms with van der Waals surface area (Å²) >= 11 is 0. The molecule has 3 rings (SSSR count). The highest BCUT2D eigenvalue weighted by Crippen LogP contribution is 2.16. The minimum atomic E-state index is 0.311. The van der Waals surface area contributed by atoms with Crippen molar-refractivity contribution in [3.8, 4) is 0 Å². The number of aromatic nitrogens is 2. The Morgan fingerprint density at radius 2 is 2.19 bits per heavy atom. The van der Waals surface area contributed by atoms with Gasteiger partial charge in [0, 0.05) is 45.5 Å². The van der Waals surface area contributed by atoms with Crippen molar-refractivity contribution in [1.82, 2.24) is 14.9 Å². The molecule has 1 unspecified atom stereocenters. The molecule has 1 aromatic heterocycles. The molecule has 2 fully saturated rings. The minimum absolute atomic E-state index is 0.311. The summed E-state index contributed by atoms with van der Waals surface area (Å²) in [7, 11) is 0. The molecule has 2 aliphatic heterocycles. The van der Waals surface area contributed by atoms with Gasteiger partial charge in [-0.3, -0.25) is 0 Å². The third kappa shape index (κ3) is 3.83. The van der Waals surface area contributed by atoms with Crippen LogP contribution in [0.2, 0.25) is 0 Å². The molecule has 0 aromatic carbocycles. The molecule has 21 heavy (non-hydrogen) atoms. The number of nitrogens with zero attached hydrogens (tertiary/aromatic N) is 4. The van der Waals surface area contributed by atoms with Gasteiger partial charge >= 0.3 is 0 Å². The molecule has 6 heteroatoms. The van der Waals surface area contributed by atoms with Gasteiger partial charge in [-0.2, -0.15) is 4.98 Å². The fourth-order valence-electron chi connectivity index (χ4n) is 2.91. The number of rotatable bonds is 5. The molecule has 2 aliphatic rings. The molecule has 1 aromatic rings. The first-order valence-corrected chi connectivity index (χ1v) is 8.01. The second-order valence-corrected chi connectivity index (χ2v) is 5.68. The van der Waals surface area contributed by atoms with Crippen LogP contribution in [0.3, 0.4) is 0 Å². The average Bonchev–Trinajstić information content (AvgIpc) is 3.07. The Bertz CT molecular complexity index is 441. The largest absolute Gasteiger partial charge is 0.376 e. The zero-order chi connectivity index (χ0) is 14.5. The van der Waals surface area contributed by atoms with Crippen molar-refractivity contribution < 1.29 is 4.74 Å². The van der Waals surface area contributed by atoms with Crippen LogP contribution in [-0.4, -0.2) is 66.8 Å². The first-order chi connectivity index (χ1) is 10.3. The number of ether oxygens (including phenoxy) is 1. The fraction of sp³-hybridized carbons (Fsp3) is 0.733. The standard InChI is InChI=1S/C15H25N5O/c1-2-19-7-9-20(10-8-19)14-5-6-16-15(18-14)17-12-13-4-3-11-21-13/h5-6,13H,2-4,7-12H2,1H3,(H,16,17,18). The van der Waals surface area contributed by atoms with Crippen LogP contribution in [-0.2, 0) is 4.74 Å². The van der Waals surface area contributed by atoms with Gasteiger partial charge in [-0.15, -0.1) is 0 Å². The van der Waals surface area contributed by atoms with Gasteiger partial charge in [0.1, 0.15) is 5.82 Å². The lowest BCUT2D eigenvalue weighted by Crippen LogP contribution is -2.46.